The molecule has 0 N–H and O–H groups in total. The summed E-state index contributed by atoms with van der Waals surface area (Å²) in [7, 11) is 0. The van der Waals surface area contributed by atoms with Gasteiger partial charge in [-0.1, -0.05) is 6.92 Å². The van der Waals surface area contributed by atoms with E-state index in [0.717, 1.165) is 38.3 Å². The summed E-state index contributed by atoms with van der Waals surface area (Å²) >= 11 is 0. The molecule has 2 aliphatic rings. The zero-order valence-corrected chi connectivity index (χ0v) is 13.2. The average Bonchev–Trinajstić information content (AvgIpc) is 2.83. The number of rotatable bonds is 2. The molecule has 21 heavy (non-hydrogen) atoms. The summed E-state index contributed by atoms with van der Waals surface area (Å²) < 4.78 is 2.17. The second-order valence-electron chi connectivity index (χ2n) is 6.61. The summed E-state index contributed by atoms with van der Waals surface area (Å²) in [6.45, 7) is 8.99. The number of piperidine rings is 1. The first kappa shape index (κ1) is 14.6. The second-order valence-corrected chi connectivity index (χ2v) is 6.61. The topological polar surface area (TPSA) is 41.4 Å². The molecule has 1 amide bonds. The van der Waals surface area contributed by atoms with Crippen molar-refractivity contribution in [3.63, 3.8) is 0 Å². The van der Waals surface area contributed by atoms with Crippen molar-refractivity contribution < 1.29 is 4.79 Å². The monoisotopic (exact) mass is 290 g/mol. The Morgan fingerprint density at radius 3 is 3.00 bits per heavy atom. The van der Waals surface area contributed by atoms with Crippen LogP contribution in [0.1, 0.15) is 38.8 Å². The molecule has 1 fully saturated rings. The Morgan fingerprint density at radius 1 is 1.33 bits per heavy atom. The fraction of sp³-hybridized carbons (Fsp3) is 0.750. The molecule has 2 atom stereocenters. The normalized spacial score (nSPS) is 25.2. The maximum Gasteiger partial charge on any atom is 0.239 e. The minimum atomic E-state index is 0.00206. The lowest BCUT2D eigenvalue weighted by atomic mass is 9.98. The number of carbonyl (C=O) groups excluding carboxylic acids is 1. The number of aryl methyl sites for hydroxylation is 1. The average molecular weight is 290 g/mol. The number of carbonyl (C=O) groups is 1. The number of nitrogens with zero attached hydrogens (tertiary/aromatic N) is 4. The third-order valence-corrected chi connectivity index (χ3v) is 4.88. The highest BCUT2D eigenvalue weighted by atomic mass is 16.2. The van der Waals surface area contributed by atoms with Gasteiger partial charge in [0, 0.05) is 25.8 Å². The summed E-state index contributed by atoms with van der Waals surface area (Å²) in [5, 5.41) is 0. The van der Waals surface area contributed by atoms with Gasteiger partial charge in [-0.25, -0.2) is 4.98 Å². The van der Waals surface area contributed by atoms with Crippen LogP contribution in [0.15, 0.2) is 12.5 Å². The third-order valence-electron chi connectivity index (χ3n) is 4.88. The molecule has 1 aromatic heterocycles. The molecule has 3 rings (SSSR count). The van der Waals surface area contributed by atoms with Crippen molar-refractivity contribution >= 4 is 5.91 Å². The molecule has 0 aromatic carbocycles. The summed E-state index contributed by atoms with van der Waals surface area (Å²) in [6.07, 6.45) is 7.28. The van der Waals surface area contributed by atoms with E-state index in [9.17, 15) is 4.79 Å². The van der Waals surface area contributed by atoms with Crippen LogP contribution in [0.3, 0.4) is 0 Å². The van der Waals surface area contributed by atoms with E-state index < -0.39 is 0 Å². The molecule has 2 aliphatic heterocycles. The number of likely N-dealkylation sites (tertiary alicyclic amines) is 1. The van der Waals surface area contributed by atoms with Crippen LogP contribution in [0.2, 0.25) is 0 Å². The summed E-state index contributed by atoms with van der Waals surface area (Å²) in [5.74, 6) is 0.985. The number of imidazole rings is 1. The molecule has 1 aromatic rings. The van der Waals surface area contributed by atoms with Crippen molar-refractivity contribution in [2.75, 3.05) is 19.6 Å². The van der Waals surface area contributed by atoms with Crippen LogP contribution in [-0.4, -0.2) is 50.9 Å². The molecule has 0 saturated carbocycles. The van der Waals surface area contributed by atoms with E-state index in [1.54, 1.807) is 0 Å². The highest BCUT2D eigenvalue weighted by Gasteiger charge is 2.29. The Bertz CT molecular complexity index is 498. The highest BCUT2D eigenvalue weighted by molar-refractivity contribution is 5.81. The van der Waals surface area contributed by atoms with E-state index in [1.165, 1.54) is 12.8 Å². The van der Waals surface area contributed by atoms with Crippen molar-refractivity contribution in [3.8, 4) is 0 Å². The maximum absolute atomic E-state index is 12.8. The van der Waals surface area contributed by atoms with Crippen molar-refractivity contribution in [2.24, 2.45) is 5.92 Å². The quantitative estimate of drug-likeness (QED) is 0.833. The van der Waals surface area contributed by atoms with Gasteiger partial charge in [0.2, 0.25) is 5.91 Å². The van der Waals surface area contributed by atoms with E-state index in [2.05, 4.69) is 28.3 Å². The molecule has 5 nitrogen and oxygen atoms in total. The summed E-state index contributed by atoms with van der Waals surface area (Å²) in [4.78, 5) is 21.4. The van der Waals surface area contributed by atoms with Gasteiger partial charge in [0.15, 0.2) is 0 Å². The van der Waals surface area contributed by atoms with Gasteiger partial charge in [-0.2, -0.15) is 0 Å². The minimum absolute atomic E-state index is 0.00206. The van der Waals surface area contributed by atoms with Gasteiger partial charge in [-0.05, 0) is 38.6 Å². The Hall–Kier alpha value is -1.36. The van der Waals surface area contributed by atoms with Gasteiger partial charge in [0.05, 0.1) is 24.6 Å². The molecule has 1 saturated heterocycles. The minimum Gasteiger partial charge on any atom is -0.335 e. The Balaban J connectivity index is 1.67. The lowest BCUT2D eigenvalue weighted by Gasteiger charge is -2.36. The van der Waals surface area contributed by atoms with Crippen LogP contribution < -0.4 is 0 Å². The van der Waals surface area contributed by atoms with E-state index in [1.807, 2.05) is 17.4 Å². The zero-order chi connectivity index (χ0) is 14.8. The van der Waals surface area contributed by atoms with Crippen LogP contribution in [-0.2, 0) is 17.9 Å². The van der Waals surface area contributed by atoms with Gasteiger partial charge in [0.25, 0.3) is 0 Å². The van der Waals surface area contributed by atoms with E-state index in [-0.39, 0.29) is 11.9 Å². The number of aromatic nitrogens is 2. The molecule has 0 bridgehead atoms. The third kappa shape index (κ3) is 3.12. The SMILES string of the molecule is C[C@H]1CCCN([C@H](C)C(=O)N2CCCn3cncc3C2)C1. The summed E-state index contributed by atoms with van der Waals surface area (Å²) in [5.41, 5.74) is 1.15. The number of fused-ring (bicyclic) bond motifs is 1. The van der Waals surface area contributed by atoms with Crippen LogP contribution in [0.5, 0.6) is 0 Å². The Morgan fingerprint density at radius 2 is 2.19 bits per heavy atom. The molecular weight excluding hydrogens is 264 g/mol. The first-order chi connectivity index (χ1) is 10.1. The smallest absolute Gasteiger partial charge is 0.239 e. The van der Waals surface area contributed by atoms with Crippen molar-refractivity contribution in [1.82, 2.24) is 19.4 Å². The fourth-order valence-corrected chi connectivity index (χ4v) is 3.57. The molecule has 5 heteroatoms. The van der Waals surface area contributed by atoms with E-state index in [0.29, 0.717) is 12.5 Å². The highest BCUT2D eigenvalue weighted by Crippen LogP contribution is 2.20. The van der Waals surface area contributed by atoms with Crippen LogP contribution in [0.4, 0.5) is 0 Å². The van der Waals surface area contributed by atoms with Crippen LogP contribution in [0.25, 0.3) is 0 Å². The fourth-order valence-electron chi connectivity index (χ4n) is 3.57. The Kier molecular flexibility index (Phi) is 4.29. The molecule has 3 heterocycles. The largest absolute Gasteiger partial charge is 0.335 e. The first-order valence-corrected chi connectivity index (χ1v) is 8.17. The van der Waals surface area contributed by atoms with Gasteiger partial charge in [-0.15, -0.1) is 0 Å². The second kappa shape index (κ2) is 6.18. The summed E-state index contributed by atoms with van der Waals surface area (Å²) in [6, 6.07) is 0.00206. The lowest BCUT2D eigenvalue weighted by Crippen LogP contribution is -2.50. The predicted molar refractivity (Wildman–Crippen MR) is 81.7 cm³/mol. The predicted octanol–water partition coefficient (Wildman–Crippen LogP) is 1.74. The van der Waals surface area contributed by atoms with Crippen molar-refractivity contribution in [1.29, 1.82) is 0 Å². The molecular formula is C16H26N4O. The number of amides is 1. The van der Waals surface area contributed by atoms with Crippen molar-refractivity contribution in [2.45, 2.75) is 52.2 Å². The van der Waals surface area contributed by atoms with Gasteiger partial charge in [0.1, 0.15) is 0 Å². The van der Waals surface area contributed by atoms with Gasteiger partial charge in [-0.3, -0.25) is 9.69 Å². The molecule has 116 valence electrons. The van der Waals surface area contributed by atoms with E-state index in [4.69, 9.17) is 0 Å². The van der Waals surface area contributed by atoms with E-state index >= 15 is 0 Å². The van der Waals surface area contributed by atoms with Crippen molar-refractivity contribution in [3.05, 3.63) is 18.2 Å². The zero-order valence-electron chi connectivity index (χ0n) is 13.2. The number of hydrogen-bond donors (Lipinski definition) is 0. The molecule has 0 aliphatic carbocycles. The molecule has 0 spiro atoms. The lowest BCUT2D eigenvalue weighted by molar-refractivity contribution is -0.137. The van der Waals surface area contributed by atoms with Gasteiger partial charge < -0.3 is 9.47 Å². The molecule has 0 unspecified atom stereocenters. The number of hydrogen-bond acceptors (Lipinski definition) is 3. The maximum atomic E-state index is 12.8. The standard InChI is InChI=1S/C16H26N4O/c1-13-5-3-6-18(10-13)14(2)16(21)19-7-4-8-20-12-17-9-15(20)11-19/h9,12-14H,3-8,10-11H2,1-2H3/t13-,14+/m0/s1. The molecule has 0 radical (unpaired) electrons. The first-order valence-electron chi connectivity index (χ1n) is 8.17. The van der Waals surface area contributed by atoms with Crippen LogP contribution >= 0.6 is 0 Å². The van der Waals surface area contributed by atoms with Crippen LogP contribution in [0, 0.1) is 5.92 Å². The Labute approximate surface area is 126 Å². The van der Waals surface area contributed by atoms with Gasteiger partial charge >= 0.3 is 0 Å².